The van der Waals surface area contributed by atoms with Crippen molar-refractivity contribution in [2.75, 3.05) is 19.7 Å². The van der Waals surface area contributed by atoms with Crippen LogP contribution in [0.1, 0.15) is 30.9 Å². The van der Waals surface area contributed by atoms with E-state index in [0.717, 1.165) is 24.9 Å². The lowest BCUT2D eigenvalue weighted by atomic mass is 9.97. The molecule has 2 N–H and O–H groups in total. The van der Waals surface area contributed by atoms with Gasteiger partial charge in [-0.25, -0.2) is 4.39 Å². The minimum absolute atomic E-state index is 0.0977. The Morgan fingerprint density at radius 2 is 2.33 bits per heavy atom. The van der Waals surface area contributed by atoms with Crippen molar-refractivity contribution in [3.8, 4) is 0 Å². The Hall–Kier alpha value is -1.46. The number of nitrogens with zero attached hydrogens (tertiary/aromatic N) is 1. The minimum Gasteiger partial charge on any atom is -0.466 e. The number of hydrogen-bond donors (Lipinski definition) is 1. The zero-order valence-electron chi connectivity index (χ0n) is 12.5. The van der Waals surface area contributed by atoms with Gasteiger partial charge < -0.3 is 10.5 Å². The van der Waals surface area contributed by atoms with Crippen LogP contribution in [0.2, 0.25) is 0 Å². The van der Waals surface area contributed by atoms with E-state index in [4.69, 9.17) is 10.5 Å². The van der Waals surface area contributed by atoms with Crippen LogP contribution >= 0.6 is 0 Å². The molecule has 1 aliphatic rings. The topological polar surface area (TPSA) is 55.6 Å². The van der Waals surface area contributed by atoms with Gasteiger partial charge in [0.25, 0.3) is 0 Å². The van der Waals surface area contributed by atoms with Gasteiger partial charge >= 0.3 is 5.97 Å². The zero-order valence-corrected chi connectivity index (χ0v) is 12.5. The second-order valence-corrected chi connectivity index (χ2v) is 5.46. The maximum Gasteiger partial charge on any atom is 0.310 e. The van der Waals surface area contributed by atoms with Crippen molar-refractivity contribution >= 4 is 5.97 Å². The number of carbonyl (C=O) groups is 1. The van der Waals surface area contributed by atoms with Gasteiger partial charge in [0.15, 0.2) is 0 Å². The van der Waals surface area contributed by atoms with Crippen molar-refractivity contribution in [2.24, 2.45) is 11.7 Å². The second kappa shape index (κ2) is 7.52. The molecule has 1 heterocycles. The van der Waals surface area contributed by atoms with Gasteiger partial charge in [-0.3, -0.25) is 9.69 Å². The van der Waals surface area contributed by atoms with Crippen LogP contribution in [-0.4, -0.2) is 30.6 Å². The van der Waals surface area contributed by atoms with Gasteiger partial charge in [0.1, 0.15) is 5.82 Å². The van der Waals surface area contributed by atoms with E-state index in [0.29, 0.717) is 31.8 Å². The van der Waals surface area contributed by atoms with Crippen LogP contribution in [-0.2, 0) is 22.6 Å². The molecule has 0 spiro atoms. The highest BCUT2D eigenvalue weighted by molar-refractivity contribution is 5.72. The minimum atomic E-state index is -0.217. The summed E-state index contributed by atoms with van der Waals surface area (Å²) in [6.45, 7) is 4.64. The number of ether oxygens (including phenoxy) is 1. The third-order valence-electron chi connectivity index (χ3n) is 3.87. The molecule has 1 saturated heterocycles. The normalized spacial score (nSPS) is 19.5. The number of rotatable bonds is 5. The molecule has 5 heteroatoms. The van der Waals surface area contributed by atoms with Crippen LogP contribution in [0.4, 0.5) is 4.39 Å². The first-order valence-corrected chi connectivity index (χ1v) is 7.50. The molecule has 0 saturated carbocycles. The lowest BCUT2D eigenvalue weighted by Crippen LogP contribution is -2.39. The van der Waals surface area contributed by atoms with E-state index in [2.05, 4.69) is 4.90 Å². The maximum atomic E-state index is 13.9. The third-order valence-corrected chi connectivity index (χ3v) is 3.87. The van der Waals surface area contributed by atoms with Gasteiger partial charge in [-0.1, -0.05) is 12.1 Å². The second-order valence-electron chi connectivity index (χ2n) is 5.46. The van der Waals surface area contributed by atoms with Crippen LogP contribution in [0.15, 0.2) is 18.2 Å². The monoisotopic (exact) mass is 294 g/mol. The predicted octanol–water partition coefficient (Wildman–Crippen LogP) is 2.06. The largest absolute Gasteiger partial charge is 0.466 e. The van der Waals surface area contributed by atoms with E-state index in [-0.39, 0.29) is 17.7 Å². The SMILES string of the molecule is CCOC(=O)C1CCCN(Cc2cc(CN)ccc2F)C1. The van der Waals surface area contributed by atoms with E-state index in [9.17, 15) is 9.18 Å². The van der Waals surface area contributed by atoms with E-state index < -0.39 is 0 Å². The number of piperidine rings is 1. The molecule has 4 nitrogen and oxygen atoms in total. The fourth-order valence-electron chi connectivity index (χ4n) is 2.77. The Bertz CT molecular complexity index is 493. The molecule has 0 aromatic heterocycles. The molecule has 1 fully saturated rings. The summed E-state index contributed by atoms with van der Waals surface area (Å²) in [4.78, 5) is 13.9. The number of hydrogen-bond acceptors (Lipinski definition) is 4. The van der Waals surface area contributed by atoms with E-state index in [1.807, 2.05) is 13.0 Å². The fourth-order valence-corrected chi connectivity index (χ4v) is 2.77. The number of nitrogens with two attached hydrogens (primary N) is 1. The summed E-state index contributed by atoms with van der Waals surface area (Å²) < 4.78 is 19.0. The Labute approximate surface area is 125 Å². The molecule has 2 rings (SSSR count). The van der Waals surface area contributed by atoms with Crippen molar-refractivity contribution in [1.82, 2.24) is 4.90 Å². The molecule has 0 amide bonds. The summed E-state index contributed by atoms with van der Waals surface area (Å²) in [5.41, 5.74) is 7.16. The average Bonchev–Trinajstić information content (AvgIpc) is 2.50. The van der Waals surface area contributed by atoms with Gasteiger partial charge in [-0.2, -0.15) is 0 Å². The average molecular weight is 294 g/mol. The van der Waals surface area contributed by atoms with Gasteiger partial charge in [-0.05, 0) is 37.9 Å². The summed E-state index contributed by atoms with van der Waals surface area (Å²) >= 11 is 0. The highest BCUT2D eigenvalue weighted by Gasteiger charge is 2.27. The molecule has 1 atom stereocenters. The summed E-state index contributed by atoms with van der Waals surface area (Å²) in [6, 6.07) is 4.98. The highest BCUT2D eigenvalue weighted by Crippen LogP contribution is 2.21. The van der Waals surface area contributed by atoms with Crippen LogP contribution in [0, 0.1) is 11.7 Å². The molecule has 21 heavy (non-hydrogen) atoms. The molecular formula is C16H23FN2O2. The van der Waals surface area contributed by atoms with Crippen LogP contribution in [0.5, 0.6) is 0 Å². The summed E-state index contributed by atoms with van der Waals surface area (Å²) in [7, 11) is 0. The van der Waals surface area contributed by atoms with Crippen molar-refractivity contribution in [1.29, 1.82) is 0 Å². The fraction of sp³-hybridized carbons (Fsp3) is 0.562. The molecule has 0 bridgehead atoms. The third kappa shape index (κ3) is 4.25. The van der Waals surface area contributed by atoms with Crippen LogP contribution in [0.25, 0.3) is 0 Å². The first kappa shape index (κ1) is 15.9. The standard InChI is InChI=1S/C16H23FN2O2/c1-2-21-16(20)13-4-3-7-19(10-13)11-14-8-12(9-18)5-6-15(14)17/h5-6,8,13H,2-4,7,9-11,18H2,1H3. The molecule has 0 radical (unpaired) electrons. The Morgan fingerprint density at radius 3 is 3.05 bits per heavy atom. The van der Waals surface area contributed by atoms with Gasteiger partial charge in [0.05, 0.1) is 12.5 Å². The molecule has 1 unspecified atom stereocenters. The molecule has 116 valence electrons. The first-order valence-electron chi connectivity index (χ1n) is 7.50. The lowest BCUT2D eigenvalue weighted by Gasteiger charge is -2.31. The lowest BCUT2D eigenvalue weighted by molar-refractivity contribution is -0.150. The molecule has 1 aromatic carbocycles. The Morgan fingerprint density at radius 1 is 1.52 bits per heavy atom. The predicted molar refractivity (Wildman–Crippen MR) is 78.9 cm³/mol. The molecular weight excluding hydrogens is 271 g/mol. The number of likely N-dealkylation sites (tertiary alicyclic amines) is 1. The van der Waals surface area contributed by atoms with Crippen molar-refractivity contribution in [3.05, 3.63) is 35.1 Å². The quantitative estimate of drug-likeness (QED) is 0.845. The summed E-state index contributed by atoms with van der Waals surface area (Å²) in [5, 5.41) is 0. The van der Waals surface area contributed by atoms with E-state index >= 15 is 0 Å². The van der Waals surface area contributed by atoms with Gasteiger partial charge in [0, 0.05) is 25.2 Å². The molecule has 1 aromatic rings. The van der Waals surface area contributed by atoms with Gasteiger partial charge in [-0.15, -0.1) is 0 Å². The summed E-state index contributed by atoms with van der Waals surface area (Å²) in [6.07, 6.45) is 1.78. The first-order chi connectivity index (χ1) is 10.1. The van der Waals surface area contributed by atoms with Crippen molar-refractivity contribution in [2.45, 2.75) is 32.9 Å². The molecule has 0 aliphatic carbocycles. The van der Waals surface area contributed by atoms with Gasteiger partial charge in [0.2, 0.25) is 0 Å². The Balaban J connectivity index is 2.00. The van der Waals surface area contributed by atoms with E-state index in [1.165, 1.54) is 6.07 Å². The van der Waals surface area contributed by atoms with Crippen molar-refractivity contribution < 1.29 is 13.9 Å². The van der Waals surface area contributed by atoms with E-state index in [1.54, 1.807) is 6.07 Å². The van der Waals surface area contributed by atoms with Crippen LogP contribution < -0.4 is 5.73 Å². The zero-order chi connectivity index (χ0) is 15.2. The smallest absolute Gasteiger partial charge is 0.310 e. The number of esters is 1. The van der Waals surface area contributed by atoms with Crippen LogP contribution in [0.3, 0.4) is 0 Å². The maximum absolute atomic E-state index is 13.9. The Kier molecular flexibility index (Phi) is 5.70. The van der Waals surface area contributed by atoms with Crippen molar-refractivity contribution in [3.63, 3.8) is 0 Å². The summed E-state index contributed by atoms with van der Waals surface area (Å²) in [5.74, 6) is -0.455. The number of benzene rings is 1. The molecule has 1 aliphatic heterocycles. The number of carbonyl (C=O) groups excluding carboxylic acids is 1. The highest BCUT2D eigenvalue weighted by atomic mass is 19.1. The number of halogens is 1.